The molecule has 0 bridgehead atoms. The van der Waals surface area contributed by atoms with E-state index >= 15 is 0 Å². The maximum atomic E-state index is 9.77. The number of hydrogen-bond donors (Lipinski definition) is 2. The van der Waals surface area contributed by atoms with Crippen LogP contribution in [0.1, 0.15) is 30.0 Å². The van der Waals surface area contributed by atoms with E-state index in [4.69, 9.17) is 16.7 Å². The van der Waals surface area contributed by atoms with E-state index in [1.54, 1.807) is 24.3 Å². The second kappa shape index (κ2) is 7.13. The number of halogens is 1. The Morgan fingerprint density at radius 1 is 0.857 bits per heavy atom. The van der Waals surface area contributed by atoms with Gasteiger partial charge in [-0.05, 0) is 60.0 Å². The van der Waals surface area contributed by atoms with E-state index in [2.05, 4.69) is 12.0 Å². The first-order valence-corrected chi connectivity index (χ1v) is 9.44. The first-order chi connectivity index (χ1) is 13.6. The van der Waals surface area contributed by atoms with Crippen molar-refractivity contribution in [1.82, 2.24) is 0 Å². The Morgan fingerprint density at radius 3 is 2.07 bits per heavy atom. The van der Waals surface area contributed by atoms with Gasteiger partial charge in [0, 0.05) is 16.1 Å². The number of aromatic hydroxyl groups is 2. The van der Waals surface area contributed by atoms with Crippen LogP contribution in [0.25, 0.3) is 5.70 Å². The zero-order valence-electron chi connectivity index (χ0n) is 15.3. The molecule has 0 aromatic heterocycles. The molecule has 140 valence electrons. The number of nitrogens with zero attached hydrogens (tertiary/aromatic N) is 2. The molecule has 1 heterocycles. The van der Waals surface area contributed by atoms with Crippen LogP contribution in [0, 0.1) is 0 Å². The molecule has 1 atom stereocenters. The average molecular weight is 391 g/mol. The molecule has 5 heteroatoms. The third-order valence-corrected chi connectivity index (χ3v) is 5.40. The highest BCUT2D eigenvalue weighted by molar-refractivity contribution is 6.31. The van der Waals surface area contributed by atoms with Gasteiger partial charge in [0.15, 0.2) is 5.54 Å². The maximum absolute atomic E-state index is 9.77. The summed E-state index contributed by atoms with van der Waals surface area (Å²) >= 11 is 6.61. The monoisotopic (exact) mass is 390 g/mol. The smallest absolute Gasteiger partial charge is 0.157 e. The Balaban J connectivity index is 2.01. The SMILES string of the molecule is CCC1=C(c2ccc(O)cc2)N=NC1(c1ccc(O)cc1)c1ccccc1Cl. The van der Waals surface area contributed by atoms with Gasteiger partial charge in [0.2, 0.25) is 0 Å². The molecule has 3 aromatic rings. The topological polar surface area (TPSA) is 65.2 Å². The Labute approximate surface area is 168 Å². The maximum Gasteiger partial charge on any atom is 0.157 e. The van der Waals surface area contributed by atoms with Crippen molar-refractivity contribution in [3.05, 3.63) is 100 Å². The van der Waals surface area contributed by atoms with E-state index in [9.17, 15) is 10.2 Å². The zero-order chi connectivity index (χ0) is 19.7. The number of azo groups is 1. The molecule has 0 saturated heterocycles. The molecule has 2 N–H and O–H groups in total. The van der Waals surface area contributed by atoms with Crippen LogP contribution in [0.3, 0.4) is 0 Å². The fraction of sp³-hybridized carbons (Fsp3) is 0.130. The lowest BCUT2D eigenvalue weighted by Gasteiger charge is -2.30. The van der Waals surface area contributed by atoms with Gasteiger partial charge in [-0.3, -0.25) is 0 Å². The molecule has 0 fully saturated rings. The zero-order valence-corrected chi connectivity index (χ0v) is 16.1. The lowest BCUT2D eigenvalue weighted by atomic mass is 9.75. The van der Waals surface area contributed by atoms with Crippen LogP contribution < -0.4 is 0 Å². The average Bonchev–Trinajstić information content (AvgIpc) is 3.09. The van der Waals surface area contributed by atoms with Crippen LogP contribution >= 0.6 is 11.6 Å². The predicted octanol–water partition coefficient (Wildman–Crippen LogP) is 6.28. The van der Waals surface area contributed by atoms with E-state index in [0.717, 1.165) is 28.0 Å². The molecule has 28 heavy (non-hydrogen) atoms. The molecule has 3 aromatic carbocycles. The van der Waals surface area contributed by atoms with E-state index in [-0.39, 0.29) is 11.5 Å². The van der Waals surface area contributed by atoms with Crippen molar-refractivity contribution in [2.24, 2.45) is 10.2 Å². The lowest BCUT2D eigenvalue weighted by Crippen LogP contribution is -2.26. The van der Waals surface area contributed by atoms with Crippen LogP contribution in [0.5, 0.6) is 11.5 Å². The van der Waals surface area contributed by atoms with Crippen LogP contribution in [-0.2, 0) is 5.54 Å². The van der Waals surface area contributed by atoms with Gasteiger partial charge in [-0.25, -0.2) is 0 Å². The summed E-state index contributed by atoms with van der Waals surface area (Å²) in [6.07, 6.45) is 0.704. The van der Waals surface area contributed by atoms with Crippen molar-refractivity contribution >= 4 is 17.3 Å². The van der Waals surface area contributed by atoms with E-state index in [1.807, 2.05) is 48.5 Å². The second-order valence-corrected chi connectivity index (χ2v) is 7.07. The predicted molar refractivity (Wildman–Crippen MR) is 111 cm³/mol. The molecular formula is C23H19ClN2O2. The summed E-state index contributed by atoms with van der Waals surface area (Å²) in [6, 6.07) is 21.6. The minimum atomic E-state index is -0.867. The largest absolute Gasteiger partial charge is 0.508 e. The Bertz CT molecular complexity index is 1070. The molecule has 1 aliphatic rings. The van der Waals surface area contributed by atoms with Crippen LogP contribution in [0.15, 0.2) is 88.6 Å². The molecule has 1 aliphatic heterocycles. The summed E-state index contributed by atoms with van der Waals surface area (Å²) in [7, 11) is 0. The highest BCUT2D eigenvalue weighted by Crippen LogP contribution is 2.51. The summed E-state index contributed by atoms with van der Waals surface area (Å²) in [5, 5.41) is 29.3. The summed E-state index contributed by atoms with van der Waals surface area (Å²) in [6.45, 7) is 2.07. The molecule has 0 spiro atoms. The Kier molecular flexibility index (Phi) is 4.65. The minimum Gasteiger partial charge on any atom is -0.508 e. The van der Waals surface area contributed by atoms with Crippen molar-refractivity contribution in [2.75, 3.05) is 0 Å². The molecule has 0 aliphatic carbocycles. The van der Waals surface area contributed by atoms with Gasteiger partial charge in [-0.15, -0.1) is 0 Å². The summed E-state index contributed by atoms with van der Waals surface area (Å²) in [5.74, 6) is 0.391. The third kappa shape index (κ3) is 2.86. The normalized spacial score (nSPS) is 18.6. The number of benzene rings is 3. The Morgan fingerprint density at radius 2 is 1.46 bits per heavy atom. The molecule has 0 radical (unpaired) electrons. The molecular weight excluding hydrogens is 372 g/mol. The fourth-order valence-electron chi connectivity index (χ4n) is 3.75. The first-order valence-electron chi connectivity index (χ1n) is 9.06. The summed E-state index contributed by atoms with van der Waals surface area (Å²) in [4.78, 5) is 0. The summed E-state index contributed by atoms with van der Waals surface area (Å²) in [5.41, 5.74) is 3.52. The molecule has 0 amide bonds. The van der Waals surface area contributed by atoms with Crippen molar-refractivity contribution < 1.29 is 10.2 Å². The van der Waals surface area contributed by atoms with Gasteiger partial charge in [-0.1, -0.05) is 48.9 Å². The molecule has 1 unspecified atom stereocenters. The van der Waals surface area contributed by atoms with E-state index in [1.165, 1.54) is 0 Å². The quantitative estimate of drug-likeness (QED) is 0.550. The summed E-state index contributed by atoms with van der Waals surface area (Å²) < 4.78 is 0. The molecule has 4 rings (SSSR count). The van der Waals surface area contributed by atoms with Gasteiger partial charge >= 0.3 is 0 Å². The number of hydrogen-bond acceptors (Lipinski definition) is 4. The number of phenolic OH excluding ortho intramolecular Hbond substituents is 2. The fourth-order valence-corrected chi connectivity index (χ4v) is 4.03. The molecule has 4 nitrogen and oxygen atoms in total. The van der Waals surface area contributed by atoms with Gasteiger partial charge in [0.25, 0.3) is 0 Å². The Hall–Kier alpha value is -3.11. The van der Waals surface area contributed by atoms with E-state index in [0.29, 0.717) is 11.4 Å². The number of rotatable bonds is 4. The number of phenols is 2. The lowest BCUT2D eigenvalue weighted by molar-refractivity contribution is 0.474. The van der Waals surface area contributed by atoms with Crippen LogP contribution in [-0.4, -0.2) is 10.2 Å². The van der Waals surface area contributed by atoms with Crippen molar-refractivity contribution in [3.8, 4) is 11.5 Å². The van der Waals surface area contributed by atoms with Gasteiger partial charge in [-0.2, -0.15) is 10.2 Å². The third-order valence-electron chi connectivity index (χ3n) is 5.07. The van der Waals surface area contributed by atoms with Gasteiger partial charge < -0.3 is 10.2 Å². The standard InChI is InChI=1S/C23H19ClN2O2/c1-2-19-22(15-7-11-17(27)12-8-15)25-26-23(19,16-9-13-18(28)14-10-16)20-5-3-4-6-21(20)24/h3-14,27-28H,2H2,1H3. The van der Waals surface area contributed by atoms with Crippen LogP contribution in [0.2, 0.25) is 5.02 Å². The first kappa shape index (κ1) is 18.3. The van der Waals surface area contributed by atoms with Gasteiger partial charge in [0.05, 0.1) is 5.70 Å². The second-order valence-electron chi connectivity index (χ2n) is 6.66. The van der Waals surface area contributed by atoms with Gasteiger partial charge in [0.1, 0.15) is 11.5 Å². The molecule has 0 saturated carbocycles. The minimum absolute atomic E-state index is 0.189. The van der Waals surface area contributed by atoms with Crippen LogP contribution in [0.4, 0.5) is 0 Å². The van der Waals surface area contributed by atoms with Crippen molar-refractivity contribution in [1.29, 1.82) is 0 Å². The van der Waals surface area contributed by atoms with Crippen molar-refractivity contribution in [2.45, 2.75) is 18.9 Å². The highest BCUT2D eigenvalue weighted by atomic mass is 35.5. The highest BCUT2D eigenvalue weighted by Gasteiger charge is 2.44. The van der Waals surface area contributed by atoms with Crippen molar-refractivity contribution in [3.63, 3.8) is 0 Å². The van der Waals surface area contributed by atoms with E-state index < -0.39 is 5.54 Å².